The number of rotatable bonds is 5. The van der Waals surface area contributed by atoms with Crippen LogP contribution in [-0.2, 0) is 4.79 Å². The number of piperidine rings is 1. The van der Waals surface area contributed by atoms with Crippen molar-refractivity contribution < 1.29 is 4.79 Å². The van der Waals surface area contributed by atoms with Crippen LogP contribution in [0.1, 0.15) is 24.8 Å². The van der Waals surface area contributed by atoms with Crippen LogP contribution in [0.4, 0.5) is 5.69 Å². The SMILES string of the molecule is Cc1cccc(N2CCN(CCC(=O)NC3CCCNC3)CC2)c1. The van der Waals surface area contributed by atoms with E-state index in [4.69, 9.17) is 0 Å². The van der Waals surface area contributed by atoms with Crippen molar-refractivity contribution in [3.05, 3.63) is 29.8 Å². The lowest BCUT2D eigenvalue weighted by molar-refractivity contribution is -0.122. The fourth-order valence-electron chi connectivity index (χ4n) is 3.59. The van der Waals surface area contributed by atoms with Gasteiger partial charge in [-0.25, -0.2) is 0 Å². The lowest BCUT2D eigenvalue weighted by Gasteiger charge is -2.36. The molecule has 1 atom stereocenters. The van der Waals surface area contributed by atoms with E-state index in [1.54, 1.807) is 0 Å². The molecule has 0 bridgehead atoms. The Bertz CT molecular complexity index is 534. The second-order valence-electron chi connectivity index (χ2n) is 7.03. The minimum absolute atomic E-state index is 0.199. The van der Waals surface area contributed by atoms with Crippen molar-refractivity contribution in [1.29, 1.82) is 0 Å². The van der Waals surface area contributed by atoms with Crippen LogP contribution in [-0.4, -0.2) is 62.7 Å². The van der Waals surface area contributed by atoms with Gasteiger partial charge in [-0.05, 0) is 44.0 Å². The molecule has 1 aromatic carbocycles. The van der Waals surface area contributed by atoms with Gasteiger partial charge in [-0.15, -0.1) is 0 Å². The Kier molecular flexibility index (Phi) is 6.10. The molecular weight excluding hydrogens is 300 g/mol. The molecule has 3 rings (SSSR count). The molecule has 2 saturated heterocycles. The molecule has 2 N–H and O–H groups in total. The minimum Gasteiger partial charge on any atom is -0.369 e. The molecule has 24 heavy (non-hydrogen) atoms. The topological polar surface area (TPSA) is 47.6 Å². The van der Waals surface area contributed by atoms with E-state index in [2.05, 4.69) is 51.6 Å². The Balaban J connectivity index is 1.37. The second-order valence-corrected chi connectivity index (χ2v) is 7.03. The van der Waals surface area contributed by atoms with Crippen molar-refractivity contribution in [3.8, 4) is 0 Å². The molecule has 5 heteroatoms. The first kappa shape index (κ1) is 17.2. The summed E-state index contributed by atoms with van der Waals surface area (Å²) in [4.78, 5) is 17.0. The number of nitrogens with zero attached hydrogens (tertiary/aromatic N) is 2. The molecule has 1 unspecified atom stereocenters. The zero-order valence-corrected chi connectivity index (χ0v) is 14.8. The lowest BCUT2D eigenvalue weighted by Crippen LogP contribution is -2.48. The fraction of sp³-hybridized carbons (Fsp3) is 0.632. The lowest BCUT2D eigenvalue weighted by atomic mass is 10.1. The standard InChI is InChI=1S/C19H30N4O/c1-16-4-2-6-18(14-16)23-12-10-22(11-13-23)9-7-19(24)21-17-5-3-8-20-15-17/h2,4,6,14,17,20H,3,5,7-13,15H2,1H3,(H,21,24). The smallest absolute Gasteiger partial charge is 0.221 e. The molecular formula is C19H30N4O. The summed E-state index contributed by atoms with van der Waals surface area (Å²) in [6.45, 7) is 9.15. The van der Waals surface area contributed by atoms with Gasteiger partial charge in [0.25, 0.3) is 0 Å². The Morgan fingerprint density at radius 1 is 1.29 bits per heavy atom. The van der Waals surface area contributed by atoms with E-state index in [0.29, 0.717) is 12.5 Å². The van der Waals surface area contributed by atoms with E-state index in [0.717, 1.165) is 58.7 Å². The number of hydrogen-bond acceptors (Lipinski definition) is 4. The van der Waals surface area contributed by atoms with E-state index in [1.165, 1.54) is 11.3 Å². The summed E-state index contributed by atoms with van der Waals surface area (Å²) in [5, 5.41) is 6.50. The average Bonchev–Trinajstić information content (AvgIpc) is 2.61. The molecule has 2 fully saturated rings. The average molecular weight is 330 g/mol. The number of benzene rings is 1. The first-order chi connectivity index (χ1) is 11.7. The van der Waals surface area contributed by atoms with Crippen LogP contribution in [0.15, 0.2) is 24.3 Å². The van der Waals surface area contributed by atoms with Gasteiger partial charge in [-0.3, -0.25) is 9.69 Å². The molecule has 1 amide bonds. The Morgan fingerprint density at radius 3 is 2.83 bits per heavy atom. The molecule has 0 radical (unpaired) electrons. The summed E-state index contributed by atoms with van der Waals surface area (Å²) in [6, 6.07) is 9.03. The van der Waals surface area contributed by atoms with Gasteiger partial charge < -0.3 is 15.5 Å². The Morgan fingerprint density at radius 2 is 2.12 bits per heavy atom. The van der Waals surface area contributed by atoms with Crippen molar-refractivity contribution in [1.82, 2.24) is 15.5 Å². The number of hydrogen-bond donors (Lipinski definition) is 2. The summed E-state index contributed by atoms with van der Waals surface area (Å²) in [5.41, 5.74) is 2.63. The number of nitrogens with one attached hydrogen (secondary N) is 2. The van der Waals surface area contributed by atoms with Crippen molar-refractivity contribution in [3.63, 3.8) is 0 Å². The molecule has 1 aromatic rings. The monoisotopic (exact) mass is 330 g/mol. The van der Waals surface area contributed by atoms with Crippen LogP contribution in [0.3, 0.4) is 0 Å². The molecule has 2 aliphatic heterocycles. The zero-order chi connectivity index (χ0) is 16.8. The number of piperazine rings is 1. The predicted octanol–water partition coefficient (Wildman–Crippen LogP) is 1.38. The third kappa shape index (κ3) is 4.95. The first-order valence-corrected chi connectivity index (χ1v) is 9.25. The number of carbonyl (C=O) groups excluding carboxylic acids is 1. The summed E-state index contributed by atoms with van der Waals surface area (Å²) >= 11 is 0. The van der Waals surface area contributed by atoms with Gasteiger partial charge in [0, 0.05) is 57.4 Å². The highest BCUT2D eigenvalue weighted by Gasteiger charge is 2.19. The highest BCUT2D eigenvalue weighted by atomic mass is 16.1. The normalized spacial score (nSPS) is 22.4. The third-order valence-electron chi connectivity index (χ3n) is 5.06. The van der Waals surface area contributed by atoms with Crippen molar-refractivity contribution in [2.24, 2.45) is 0 Å². The van der Waals surface area contributed by atoms with Gasteiger partial charge in [0.05, 0.1) is 0 Å². The van der Waals surface area contributed by atoms with E-state index in [9.17, 15) is 4.79 Å². The van der Waals surface area contributed by atoms with Crippen molar-refractivity contribution in [2.75, 3.05) is 50.7 Å². The van der Waals surface area contributed by atoms with Crippen LogP contribution in [0.25, 0.3) is 0 Å². The van der Waals surface area contributed by atoms with Crippen LogP contribution in [0.5, 0.6) is 0 Å². The Hall–Kier alpha value is -1.59. The van der Waals surface area contributed by atoms with Gasteiger partial charge in [-0.1, -0.05) is 12.1 Å². The molecule has 0 saturated carbocycles. The molecule has 2 aliphatic rings. The highest BCUT2D eigenvalue weighted by Crippen LogP contribution is 2.17. The molecule has 0 spiro atoms. The van der Waals surface area contributed by atoms with Gasteiger partial charge in [0.2, 0.25) is 5.91 Å². The van der Waals surface area contributed by atoms with E-state index in [1.807, 2.05) is 0 Å². The minimum atomic E-state index is 0.199. The molecule has 132 valence electrons. The van der Waals surface area contributed by atoms with Gasteiger partial charge in [0.1, 0.15) is 0 Å². The number of anilines is 1. The van der Waals surface area contributed by atoms with Gasteiger partial charge in [-0.2, -0.15) is 0 Å². The van der Waals surface area contributed by atoms with Gasteiger partial charge in [0.15, 0.2) is 0 Å². The van der Waals surface area contributed by atoms with Crippen LogP contribution in [0, 0.1) is 6.92 Å². The summed E-state index contributed by atoms with van der Waals surface area (Å²) < 4.78 is 0. The maximum Gasteiger partial charge on any atom is 0.221 e. The summed E-state index contributed by atoms with van der Waals surface area (Å²) in [6.07, 6.45) is 2.88. The summed E-state index contributed by atoms with van der Waals surface area (Å²) in [5.74, 6) is 0.199. The Labute approximate surface area is 145 Å². The molecule has 5 nitrogen and oxygen atoms in total. The number of amides is 1. The molecule has 0 aliphatic carbocycles. The van der Waals surface area contributed by atoms with Gasteiger partial charge >= 0.3 is 0 Å². The predicted molar refractivity (Wildman–Crippen MR) is 98.5 cm³/mol. The molecule has 0 aromatic heterocycles. The van der Waals surface area contributed by atoms with E-state index < -0.39 is 0 Å². The zero-order valence-electron chi connectivity index (χ0n) is 14.8. The van der Waals surface area contributed by atoms with Crippen LogP contribution < -0.4 is 15.5 Å². The highest BCUT2D eigenvalue weighted by molar-refractivity contribution is 5.76. The van der Waals surface area contributed by atoms with E-state index >= 15 is 0 Å². The second kappa shape index (κ2) is 8.49. The number of aryl methyl sites for hydroxylation is 1. The number of carbonyl (C=O) groups is 1. The summed E-state index contributed by atoms with van der Waals surface area (Å²) in [7, 11) is 0. The van der Waals surface area contributed by atoms with Crippen molar-refractivity contribution in [2.45, 2.75) is 32.2 Å². The third-order valence-corrected chi connectivity index (χ3v) is 5.06. The first-order valence-electron chi connectivity index (χ1n) is 9.25. The van der Waals surface area contributed by atoms with E-state index in [-0.39, 0.29) is 5.91 Å². The van der Waals surface area contributed by atoms with Crippen molar-refractivity contribution >= 4 is 11.6 Å². The fourth-order valence-corrected chi connectivity index (χ4v) is 3.59. The maximum absolute atomic E-state index is 12.1. The van der Waals surface area contributed by atoms with Crippen LogP contribution in [0.2, 0.25) is 0 Å². The van der Waals surface area contributed by atoms with Crippen LogP contribution >= 0.6 is 0 Å². The quantitative estimate of drug-likeness (QED) is 0.856. The molecule has 2 heterocycles. The maximum atomic E-state index is 12.1. The largest absolute Gasteiger partial charge is 0.369 e.